The Morgan fingerprint density at radius 2 is 1.96 bits per heavy atom. The van der Waals surface area contributed by atoms with Gasteiger partial charge >= 0.3 is 5.97 Å². The summed E-state index contributed by atoms with van der Waals surface area (Å²) < 4.78 is 10.3. The van der Waals surface area contributed by atoms with Gasteiger partial charge in [-0.25, -0.2) is 0 Å². The van der Waals surface area contributed by atoms with Crippen LogP contribution in [0.25, 0.3) is 11.3 Å². The van der Waals surface area contributed by atoms with Crippen molar-refractivity contribution in [2.75, 3.05) is 7.11 Å². The molecule has 1 heterocycles. The number of aromatic nitrogens is 1. The van der Waals surface area contributed by atoms with Crippen molar-refractivity contribution >= 4 is 11.9 Å². The predicted molar refractivity (Wildman–Crippen MR) is 88.8 cm³/mol. The lowest BCUT2D eigenvalue weighted by Gasteiger charge is -2.22. The van der Waals surface area contributed by atoms with Gasteiger partial charge in [-0.2, -0.15) is 0 Å². The first-order valence-electron chi connectivity index (χ1n) is 7.82. The number of amides is 1. The first-order valence-corrected chi connectivity index (χ1v) is 7.82. The van der Waals surface area contributed by atoms with Crippen LogP contribution in [-0.2, 0) is 16.1 Å². The van der Waals surface area contributed by atoms with Crippen molar-refractivity contribution < 1.29 is 24.0 Å². The standard InChI is InChI=1S/C18H18N2O5/c1-24-13-6-4-12(5-7-13)15-10-14(25-20-15)11-19-16(21)18(17(22)23)8-2-3-9-18/h2-7,10H,8-9,11H2,1H3,(H,19,21)(H,22,23). The molecule has 3 rings (SSSR count). The van der Waals surface area contributed by atoms with Crippen molar-refractivity contribution in [1.82, 2.24) is 10.5 Å². The van der Waals surface area contributed by atoms with E-state index in [1.54, 1.807) is 25.3 Å². The second-order valence-corrected chi connectivity index (χ2v) is 5.86. The molecular formula is C18H18N2O5. The summed E-state index contributed by atoms with van der Waals surface area (Å²) in [7, 11) is 1.59. The summed E-state index contributed by atoms with van der Waals surface area (Å²) in [6, 6.07) is 9.04. The molecule has 0 atom stereocenters. The van der Waals surface area contributed by atoms with E-state index >= 15 is 0 Å². The summed E-state index contributed by atoms with van der Waals surface area (Å²) in [6.45, 7) is 0.0804. The van der Waals surface area contributed by atoms with E-state index < -0.39 is 17.3 Å². The van der Waals surface area contributed by atoms with Crippen LogP contribution in [0.2, 0.25) is 0 Å². The summed E-state index contributed by atoms with van der Waals surface area (Å²) in [5, 5.41) is 16.0. The molecule has 0 bridgehead atoms. The Morgan fingerprint density at radius 3 is 2.56 bits per heavy atom. The number of benzene rings is 1. The first-order chi connectivity index (χ1) is 12.0. The fraction of sp³-hybridized carbons (Fsp3) is 0.278. The number of carboxylic acid groups (broad SMARTS) is 1. The van der Waals surface area contributed by atoms with Crippen LogP contribution in [0.3, 0.4) is 0 Å². The van der Waals surface area contributed by atoms with E-state index in [-0.39, 0.29) is 19.4 Å². The molecule has 7 nitrogen and oxygen atoms in total. The van der Waals surface area contributed by atoms with Gasteiger partial charge in [0.05, 0.1) is 13.7 Å². The molecule has 7 heteroatoms. The molecule has 130 valence electrons. The topological polar surface area (TPSA) is 102 Å². The van der Waals surface area contributed by atoms with E-state index in [2.05, 4.69) is 10.5 Å². The molecule has 25 heavy (non-hydrogen) atoms. The monoisotopic (exact) mass is 342 g/mol. The maximum absolute atomic E-state index is 12.3. The third kappa shape index (κ3) is 3.26. The normalized spacial score (nSPS) is 15.1. The fourth-order valence-electron chi connectivity index (χ4n) is 2.74. The van der Waals surface area contributed by atoms with E-state index in [9.17, 15) is 14.7 Å². The van der Waals surface area contributed by atoms with Gasteiger partial charge in [-0.3, -0.25) is 9.59 Å². The van der Waals surface area contributed by atoms with Crippen LogP contribution >= 0.6 is 0 Å². The number of aliphatic carboxylic acids is 1. The van der Waals surface area contributed by atoms with Gasteiger partial charge < -0.3 is 19.7 Å². The number of ether oxygens (including phenoxy) is 1. The maximum atomic E-state index is 12.3. The second-order valence-electron chi connectivity index (χ2n) is 5.86. The van der Waals surface area contributed by atoms with Crippen molar-refractivity contribution in [2.45, 2.75) is 19.4 Å². The minimum absolute atomic E-state index is 0.0804. The number of carbonyl (C=O) groups is 2. The van der Waals surface area contributed by atoms with Gasteiger partial charge in [0.15, 0.2) is 11.2 Å². The van der Waals surface area contributed by atoms with Crippen LogP contribution in [0.5, 0.6) is 5.75 Å². The lowest BCUT2D eigenvalue weighted by molar-refractivity contribution is -0.155. The number of hydrogen-bond donors (Lipinski definition) is 2. The molecule has 0 unspecified atom stereocenters. The molecule has 1 aromatic heterocycles. The second kappa shape index (κ2) is 6.80. The molecule has 0 fully saturated rings. The van der Waals surface area contributed by atoms with Crippen molar-refractivity contribution in [3.05, 3.63) is 48.2 Å². The van der Waals surface area contributed by atoms with Gasteiger partial charge in [0.25, 0.3) is 0 Å². The molecule has 1 aliphatic rings. The van der Waals surface area contributed by atoms with Crippen molar-refractivity contribution in [3.63, 3.8) is 0 Å². The van der Waals surface area contributed by atoms with Crippen LogP contribution in [0.1, 0.15) is 18.6 Å². The van der Waals surface area contributed by atoms with E-state index in [0.29, 0.717) is 11.5 Å². The molecular weight excluding hydrogens is 324 g/mol. The number of rotatable bonds is 6. The van der Waals surface area contributed by atoms with Crippen LogP contribution in [-0.4, -0.2) is 29.2 Å². The average Bonchev–Trinajstić information content (AvgIpc) is 3.30. The van der Waals surface area contributed by atoms with Crippen LogP contribution < -0.4 is 10.1 Å². The van der Waals surface area contributed by atoms with Gasteiger partial charge in [-0.05, 0) is 37.1 Å². The van der Waals surface area contributed by atoms with Crippen LogP contribution in [0.4, 0.5) is 0 Å². The fourth-order valence-corrected chi connectivity index (χ4v) is 2.74. The Kier molecular flexibility index (Phi) is 4.56. The summed E-state index contributed by atoms with van der Waals surface area (Å²) in [5.41, 5.74) is 0.0604. The largest absolute Gasteiger partial charge is 0.497 e. The SMILES string of the molecule is COc1ccc(-c2cc(CNC(=O)C3(C(=O)O)CC=CC3)on2)cc1. The van der Waals surface area contributed by atoms with E-state index in [1.165, 1.54) is 0 Å². The molecule has 0 aliphatic heterocycles. The van der Waals surface area contributed by atoms with Gasteiger partial charge in [0.2, 0.25) is 5.91 Å². The number of carboxylic acids is 1. The summed E-state index contributed by atoms with van der Waals surface area (Å²) in [4.78, 5) is 23.8. The minimum atomic E-state index is -1.42. The number of hydrogen-bond acceptors (Lipinski definition) is 5. The Balaban J connectivity index is 1.65. The van der Waals surface area contributed by atoms with Crippen LogP contribution in [0, 0.1) is 5.41 Å². The summed E-state index contributed by atoms with van der Waals surface area (Å²) in [5.74, 6) is -0.451. The molecule has 0 saturated carbocycles. The number of nitrogens with zero attached hydrogens (tertiary/aromatic N) is 1. The average molecular weight is 342 g/mol. The summed E-state index contributed by atoms with van der Waals surface area (Å²) in [6.07, 6.45) is 3.82. The van der Waals surface area contributed by atoms with Gasteiger partial charge in [0, 0.05) is 11.6 Å². The number of methoxy groups -OCH3 is 1. The zero-order chi connectivity index (χ0) is 17.9. The van der Waals surface area contributed by atoms with Crippen molar-refractivity contribution in [3.8, 4) is 17.0 Å². The quantitative estimate of drug-likeness (QED) is 0.617. The van der Waals surface area contributed by atoms with E-state index in [1.807, 2.05) is 24.3 Å². The Hall–Kier alpha value is -3.09. The molecule has 1 amide bonds. The third-order valence-corrected chi connectivity index (χ3v) is 4.31. The molecule has 0 spiro atoms. The van der Waals surface area contributed by atoms with Gasteiger partial charge in [0.1, 0.15) is 11.4 Å². The summed E-state index contributed by atoms with van der Waals surface area (Å²) >= 11 is 0. The van der Waals surface area contributed by atoms with Crippen LogP contribution in [0.15, 0.2) is 47.0 Å². The minimum Gasteiger partial charge on any atom is -0.497 e. The molecule has 1 aliphatic carbocycles. The zero-order valence-corrected chi connectivity index (χ0v) is 13.7. The highest BCUT2D eigenvalue weighted by atomic mass is 16.5. The predicted octanol–water partition coefficient (Wildman–Crippen LogP) is 2.39. The molecule has 2 N–H and O–H groups in total. The lowest BCUT2D eigenvalue weighted by Crippen LogP contribution is -2.44. The highest BCUT2D eigenvalue weighted by Gasteiger charge is 2.46. The molecule has 1 aromatic carbocycles. The zero-order valence-electron chi connectivity index (χ0n) is 13.7. The molecule has 2 aromatic rings. The first kappa shape index (κ1) is 16.8. The van der Waals surface area contributed by atoms with Gasteiger partial charge in [-0.1, -0.05) is 17.3 Å². The number of carbonyl (C=O) groups excluding carboxylic acids is 1. The van der Waals surface area contributed by atoms with E-state index in [0.717, 1.165) is 11.3 Å². The van der Waals surface area contributed by atoms with E-state index in [4.69, 9.17) is 9.26 Å². The Bertz CT molecular complexity index is 799. The number of allylic oxidation sites excluding steroid dienone is 2. The maximum Gasteiger partial charge on any atom is 0.319 e. The smallest absolute Gasteiger partial charge is 0.319 e. The van der Waals surface area contributed by atoms with Crippen molar-refractivity contribution in [1.29, 1.82) is 0 Å². The van der Waals surface area contributed by atoms with Crippen molar-refractivity contribution in [2.24, 2.45) is 5.41 Å². The molecule has 0 radical (unpaired) electrons. The third-order valence-electron chi connectivity index (χ3n) is 4.31. The highest BCUT2D eigenvalue weighted by molar-refractivity contribution is 6.02. The van der Waals surface area contributed by atoms with Gasteiger partial charge in [-0.15, -0.1) is 0 Å². The lowest BCUT2D eigenvalue weighted by atomic mass is 9.84. The Morgan fingerprint density at radius 1 is 1.28 bits per heavy atom. The highest BCUT2D eigenvalue weighted by Crippen LogP contribution is 2.34. The molecule has 0 saturated heterocycles. The number of nitrogens with one attached hydrogen (secondary N) is 1. The Labute approximate surface area is 144 Å².